The molecule has 2 N–H and O–H groups in total. The van der Waals surface area contributed by atoms with Gasteiger partial charge in [0.15, 0.2) is 0 Å². The van der Waals surface area contributed by atoms with E-state index in [0.717, 1.165) is 31.7 Å². The summed E-state index contributed by atoms with van der Waals surface area (Å²) in [5.74, 6) is -0.145. The zero-order chi connectivity index (χ0) is 25.5. The molecular weight excluding hydrogens is 462 g/mol. The van der Waals surface area contributed by atoms with Gasteiger partial charge in [-0.3, -0.25) is 19.7 Å². The third-order valence-corrected chi connectivity index (χ3v) is 6.92. The number of aromatic nitrogens is 2. The minimum atomic E-state index is -1.58. The highest BCUT2D eigenvalue weighted by Crippen LogP contribution is 2.40. The number of amides is 1. The fraction of sp³-hybridized carbons (Fsp3) is 0.233. The molecule has 0 spiro atoms. The van der Waals surface area contributed by atoms with Gasteiger partial charge >= 0.3 is 0 Å². The predicted octanol–water partition coefficient (Wildman–Crippen LogP) is 3.39. The van der Waals surface area contributed by atoms with Crippen LogP contribution in [0.1, 0.15) is 22.7 Å². The lowest BCUT2D eigenvalue weighted by molar-refractivity contribution is -0.125. The minimum Gasteiger partial charge on any atom is -0.378 e. The Balaban J connectivity index is 1.38. The summed E-state index contributed by atoms with van der Waals surface area (Å²) in [7, 11) is 0. The van der Waals surface area contributed by atoms with Crippen molar-refractivity contribution in [1.82, 2.24) is 20.2 Å². The Morgan fingerprint density at radius 1 is 0.811 bits per heavy atom. The van der Waals surface area contributed by atoms with Crippen molar-refractivity contribution in [3.63, 3.8) is 0 Å². The molecule has 1 unspecified atom stereocenters. The van der Waals surface area contributed by atoms with Crippen molar-refractivity contribution in [2.24, 2.45) is 0 Å². The topological polar surface area (TPSA) is 81.6 Å². The van der Waals surface area contributed by atoms with Crippen LogP contribution in [0.3, 0.4) is 0 Å². The van der Waals surface area contributed by atoms with Crippen molar-refractivity contribution < 1.29 is 9.90 Å². The summed E-state index contributed by atoms with van der Waals surface area (Å²) in [6.45, 7) is 3.53. The number of rotatable bonds is 8. The Kier molecular flexibility index (Phi) is 7.54. The number of pyridine rings is 2. The number of hydrogen-bond acceptors (Lipinski definition) is 6. The molecule has 0 radical (unpaired) electrons. The van der Waals surface area contributed by atoms with Gasteiger partial charge in [0, 0.05) is 67.8 Å². The monoisotopic (exact) mass is 493 g/mol. The molecule has 0 saturated carbocycles. The zero-order valence-corrected chi connectivity index (χ0v) is 20.6. The van der Waals surface area contributed by atoms with E-state index in [1.165, 1.54) is 5.69 Å². The van der Waals surface area contributed by atoms with E-state index in [9.17, 15) is 9.90 Å². The number of piperazine rings is 1. The highest BCUT2D eigenvalue weighted by atomic mass is 16.3. The third kappa shape index (κ3) is 5.53. The Morgan fingerprint density at radius 2 is 1.38 bits per heavy atom. The number of para-hydroxylation sites is 1. The number of nitrogens with one attached hydrogen (secondary N) is 1. The average molecular weight is 494 g/mol. The van der Waals surface area contributed by atoms with Crippen molar-refractivity contribution in [1.29, 1.82) is 0 Å². The number of anilines is 1. The fourth-order valence-electron chi connectivity index (χ4n) is 4.96. The van der Waals surface area contributed by atoms with Gasteiger partial charge in [0.1, 0.15) is 5.60 Å². The number of benzene rings is 2. The number of carbonyl (C=O) groups is 1. The molecule has 1 aliphatic rings. The van der Waals surface area contributed by atoms with E-state index in [0.29, 0.717) is 11.1 Å². The van der Waals surface area contributed by atoms with Crippen molar-refractivity contribution in [2.75, 3.05) is 37.6 Å². The lowest BCUT2D eigenvalue weighted by Gasteiger charge is -2.39. The molecule has 1 atom stereocenters. The van der Waals surface area contributed by atoms with Crippen LogP contribution in [-0.2, 0) is 10.4 Å². The normalized spacial score (nSPS) is 15.2. The lowest BCUT2D eigenvalue weighted by atomic mass is 9.78. The highest BCUT2D eigenvalue weighted by Gasteiger charge is 2.43. The van der Waals surface area contributed by atoms with Crippen LogP contribution in [0.25, 0.3) is 0 Å². The first-order valence-corrected chi connectivity index (χ1v) is 12.5. The summed E-state index contributed by atoms with van der Waals surface area (Å²) >= 11 is 0. The Bertz CT molecular complexity index is 1230. The van der Waals surface area contributed by atoms with Gasteiger partial charge in [0.05, 0.1) is 12.6 Å². The van der Waals surface area contributed by atoms with Gasteiger partial charge < -0.3 is 15.3 Å². The summed E-state index contributed by atoms with van der Waals surface area (Å²) in [5.41, 5.74) is 1.57. The molecule has 7 heteroatoms. The first-order valence-electron chi connectivity index (χ1n) is 12.5. The van der Waals surface area contributed by atoms with Crippen molar-refractivity contribution in [2.45, 2.75) is 11.6 Å². The van der Waals surface area contributed by atoms with Crippen LogP contribution in [0.5, 0.6) is 0 Å². The second-order valence-corrected chi connectivity index (χ2v) is 9.26. The first kappa shape index (κ1) is 24.6. The second kappa shape index (κ2) is 11.3. The van der Waals surface area contributed by atoms with Crippen LogP contribution >= 0.6 is 0 Å². The molecule has 1 aliphatic heterocycles. The average Bonchev–Trinajstić information content (AvgIpc) is 2.98. The van der Waals surface area contributed by atoms with Gasteiger partial charge in [-0.05, 0) is 29.8 Å². The summed E-state index contributed by atoms with van der Waals surface area (Å²) in [5, 5.41) is 15.5. The molecule has 37 heavy (non-hydrogen) atoms. The van der Waals surface area contributed by atoms with Crippen LogP contribution in [0.4, 0.5) is 5.69 Å². The van der Waals surface area contributed by atoms with E-state index in [1.54, 1.807) is 36.9 Å². The third-order valence-electron chi connectivity index (χ3n) is 6.92. The molecular formula is C30H31N5O2. The van der Waals surface area contributed by atoms with E-state index in [-0.39, 0.29) is 12.5 Å². The van der Waals surface area contributed by atoms with Crippen LogP contribution in [-0.4, -0.2) is 58.6 Å². The van der Waals surface area contributed by atoms with Crippen molar-refractivity contribution in [3.8, 4) is 0 Å². The van der Waals surface area contributed by atoms with Crippen molar-refractivity contribution >= 4 is 11.6 Å². The van der Waals surface area contributed by atoms with Crippen LogP contribution in [0.15, 0.2) is 110 Å². The fourth-order valence-corrected chi connectivity index (χ4v) is 4.96. The standard InChI is InChI=1S/C30H31N5O2/c36-28(23-34-17-19-35(20-18-34)27-13-5-2-6-14-27)33-29(24-9-3-1-4-10-24)30(37,25-11-7-15-31-21-25)26-12-8-16-32-22-26/h1-16,21-22,29,37H,17-20,23H2,(H,33,36). The van der Waals surface area contributed by atoms with Gasteiger partial charge in [-0.2, -0.15) is 0 Å². The van der Waals surface area contributed by atoms with Crippen molar-refractivity contribution in [3.05, 3.63) is 126 Å². The Hall–Kier alpha value is -4.07. The Labute approximate surface area is 217 Å². The molecule has 7 nitrogen and oxygen atoms in total. The summed E-state index contributed by atoms with van der Waals surface area (Å²) < 4.78 is 0. The molecule has 3 heterocycles. The van der Waals surface area contributed by atoms with Crippen LogP contribution in [0.2, 0.25) is 0 Å². The van der Waals surface area contributed by atoms with Gasteiger partial charge in [-0.25, -0.2) is 0 Å². The second-order valence-electron chi connectivity index (χ2n) is 9.26. The number of carbonyl (C=O) groups excluding carboxylic acids is 1. The molecule has 1 saturated heterocycles. The maximum atomic E-state index is 13.4. The van der Waals surface area contributed by atoms with Crippen LogP contribution < -0.4 is 10.2 Å². The number of hydrogen-bond donors (Lipinski definition) is 2. The predicted molar refractivity (Wildman–Crippen MR) is 144 cm³/mol. The van der Waals surface area contributed by atoms with E-state index in [4.69, 9.17) is 0 Å². The van der Waals surface area contributed by atoms with Crippen LogP contribution in [0, 0.1) is 0 Å². The van der Waals surface area contributed by atoms with E-state index >= 15 is 0 Å². The molecule has 0 bridgehead atoms. The molecule has 0 aliphatic carbocycles. The number of nitrogens with zero attached hydrogens (tertiary/aromatic N) is 4. The molecule has 4 aromatic rings. The summed E-state index contributed by atoms with van der Waals surface area (Å²) in [6.07, 6.45) is 6.60. The minimum absolute atomic E-state index is 0.145. The summed E-state index contributed by atoms with van der Waals surface area (Å²) in [6, 6.07) is 26.4. The quantitative estimate of drug-likeness (QED) is 0.392. The van der Waals surface area contributed by atoms with Gasteiger partial charge in [-0.15, -0.1) is 0 Å². The largest absolute Gasteiger partial charge is 0.378 e. The molecule has 188 valence electrons. The molecule has 2 aromatic carbocycles. The summed E-state index contributed by atoms with van der Waals surface area (Å²) in [4.78, 5) is 26.4. The molecule has 2 aromatic heterocycles. The molecule has 1 fully saturated rings. The molecule has 5 rings (SSSR count). The maximum Gasteiger partial charge on any atom is 0.234 e. The SMILES string of the molecule is O=C(CN1CCN(c2ccccc2)CC1)NC(c1ccccc1)C(O)(c1cccnc1)c1cccnc1. The molecule has 1 amide bonds. The van der Waals surface area contributed by atoms with Gasteiger partial charge in [0.2, 0.25) is 5.91 Å². The van der Waals surface area contributed by atoms with Gasteiger partial charge in [-0.1, -0.05) is 60.7 Å². The van der Waals surface area contributed by atoms with E-state index < -0.39 is 11.6 Å². The van der Waals surface area contributed by atoms with E-state index in [1.807, 2.05) is 60.7 Å². The number of aliphatic hydroxyl groups is 1. The maximum absolute atomic E-state index is 13.4. The first-order chi connectivity index (χ1) is 18.1. The lowest BCUT2D eigenvalue weighted by Crippen LogP contribution is -2.52. The van der Waals surface area contributed by atoms with Gasteiger partial charge in [0.25, 0.3) is 0 Å². The smallest absolute Gasteiger partial charge is 0.234 e. The van der Waals surface area contributed by atoms with E-state index in [2.05, 4.69) is 37.2 Å². The Morgan fingerprint density at radius 3 is 1.92 bits per heavy atom. The zero-order valence-electron chi connectivity index (χ0n) is 20.6. The highest BCUT2D eigenvalue weighted by molar-refractivity contribution is 5.79.